The summed E-state index contributed by atoms with van der Waals surface area (Å²) in [5.41, 5.74) is 1.37. The van der Waals surface area contributed by atoms with Gasteiger partial charge in [-0.25, -0.2) is 0 Å². The van der Waals surface area contributed by atoms with Gasteiger partial charge >= 0.3 is 0 Å². The lowest BCUT2D eigenvalue weighted by molar-refractivity contribution is 0.101. The first-order valence-electron chi connectivity index (χ1n) is 5.49. The van der Waals surface area contributed by atoms with Crippen LogP contribution in [0.5, 0.6) is 0 Å². The topological polar surface area (TPSA) is 102 Å². The molecular formula is C11H10N6O2. The van der Waals surface area contributed by atoms with Crippen molar-refractivity contribution in [1.29, 1.82) is 0 Å². The minimum Gasteiger partial charge on any atom is -0.354 e. The molecule has 0 aliphatic rings. The second-order valence-electron chi connectivity index (χ2n) is 3.89. The summed E-state index contributed by atoms with van der Waals surface area (Å²) in [6.07, 6.45) is 4.85. The van der Waals surface area contributed by atoms with Crippen LogP contribution in [0.4, 0.5) is 5.69 Å². The van der Waals surface area contributed by atoms with Gasteiger partial charge in [0.25, 0.3) is 5.91 Å². The molecule has 19 heavy (non-hydrogen) atoms. The lowest BCUT2D eigenvalue weighted by Gasteiger charge is -1.95. The van der Waals surface area contributed by atoms with E-state index in [4.69, 9.17) is 4.52 Å². The van der Waals surface area contributed by atoms with E-state index in [1.54, 1.807) is 30.2 Å². The van der Waals surface area contributed by atoms with E-state index in [1.165, 1.54) is 12.3 Å². The number of aryl methyl sites for hydroxylation is 1. The maximum absolute atomic E-state index is 11.9. The molecule has 8 nitrogen and oxygen atoms in total. The fraction of sp³-hybridized carbons (Fsp3) is 0.0909. The van der Waals surface area contributed by atoms with Crippen LogP contribution >= 0.6 is 0 Å². The second-order valence-corrected chi connectivity index (χ2v) is 3.89. The van der Waals surface area contributed by atoms with E-state index in [0.717, 1.165) is 0 Å². The van der Waals surface area contributed by atoms with Crippen LogP contribution < -0.4 is 5.32 Å². The van der Waals surface area contributed by atoms with Gasteiger partial charge in [-0.2, -0.15) is 10.2 Å². The van der Waals surface area contributed by atoms with Crippen LogP contribution in [0.1, 0.15) is 10.5 Å². The molecule has 2 N–H and O–H groups in total. The van der Waals surface area contributed by atoms with Gasteiger partial charge in [0.2, 0.25) is 0 Å². The Morgan fingerprint density at radius 3 is 3.11 bits per heavy atom. The Balaban J connectivity index is 1.79. The van der Waals surface area contributed by atoms with Crippen molar-refractivity contribution >= 4 is 11.6 Å². The number of carbonyl (C=O) groups is 1. The van der Waals surface area contributed by atoms with Gasteiger partial charge in [-0.15, -0.1) is 0 Å². The largest absolute Gasteiger partial charge is 0.354 e. The van der Waals surface area contributed by atoms with Crippen LogP contribution in [0.3, 0.4) is 0 Å². The molecule has 0 aromatic carbocycles. The molecule has 0 atom stereocenters. The molecule has 1 amide bonds. The lowest BCUT2D eigenvalue weighted by atomic mass is 10.3. The number of hydrogen-bond donors (Lipinski definition) is 2. The Hall–Kier alpha value is -2.90. The van der Waals surface area contributed by atoms with Crippen molar-refractivity contribution in [2.24, 2.45) is 7.05 Å². The standard InChI is InChI=1S/C11H10N6O2/c1-17-3-2-8(15-17)10-4-9(16-19-10)11(18)14-7-5-12-13-6-7/h2-6H,1H3,(H,12,13)(H,14,18). The van der Waals surface area contributed by atoms with Gasteiger partial charge in [0.15, 0.2) is 11.5 Å². The predicted octanol–water partition coefficient (Wildman–Crippen LogP) is 1.05. The summed E-state index contributed by atoms with van der Waals surface area (Å²) in [5, 5.41) is 16.8. The smallest absolute Gasteiger partial charge is 0.277 e. The lowest BCUT2D eigenvalue weighted by Crippen LogP contribution is -2.11. The van der Waals surface area contributed by atoms with E-state index in [0.29, 0.717) is 17.1 Å². The van der Waals surface area contributed by atoms with Gasteiger partial charge in [0.1, 0.15) is 5.69 Å². The highest BCUT2D eigenvalue weighted by Crippen LogP contribution is 2.18. The molecule has 0 saturated carbocycles. The molecule has 96 valence electrons. The number of nitrogens with zero attached hydrogens (tertiary/aromatic N) is 4. The number of H-pyrrole nitrogens is 1. The normalized spacial score (nSPS) is 10.6. The van der Waals surface area contributed by atoms with Crippen LogP contribution in [-0.4, -0.2) is 31.0 Å². The molecule has 0 fully saturated rings. The number of aromatic amines is 1. The molecule has 0 bridgehead atoms. The number of nitrogens with one attached hydrogen (secondary N) is 2. The van der Waals surface area contributed by atoms with E-state index < -0.39 is 0 Å². The second kappa shape index (κ2) is 4.41. The molecular weight excluding hydrogens is 248 g/mol. The summed E-state index contributed by atoms with van der Waals surface area (Å²) in [6.45, 7) is 0. The van der Waals surface area contributed by atoms with Gasteiger partial charge in [-0.3, -0.25) is 14.6 Å². The number of hydrogen-bond acceptors (Lipinski definition) is 5. The molecule has 0 unspecified atom stereocenters. The molecule has 0 saturated heterocycles. The zero-order valence-electron chi connectivity index (χ0n) is 9.99. The van der Waals surface area contributed by atoms with Crippen molar-refractivity contribution < 1.29 is 9.32 Å². The first-order valence-corrected chi connectivity index (χ1v) is 5.49. The Labute approximate surface area is 107 Å². The molecule has 3 aromatic rings. The molecule has 3 aromatic heterocycles. The highest BCUT2D eigenvalue weighted by atomic mass is 16.5. The van der Waals surface area contributed by atoms with Crippen LogP contribution in [-0.2, 0) is 7.05 Å². The third-order valence-corrected chi connectivity index (χ3v) is 2.46. The van der Waals surface area contributed by atoms with Crippen LogP contribution in [0.15, 0.2) is 35.2 Å². The minimum absolute atomic E-state index is 0.182. The Kier molecular flexibility index (Phi) is 2.60. The zero-order chi connectivity index (χ0) is 13.2. The molecule has 0 radical (unpaired) electrons. The van der Waals surface area contributed by atoms with E-state index in [2.05, 4.69) is 25.8 Å². The quantitative estimate of drug-likeness (QED) is 0.731. The Bertz CT molecular complexity index is 696. The third-order valence-electron chi connectivity index (χ3n) is 2.46. The molecule has 0 spiro atoms. The highest BCUT2D eigenvalue weighted by Gasteiger charge is 2.15. The van der Waals surface area contributed by atoms with E-state index in [1.807, 2.05) is 0 Å². The average Bonchev–Trinajstić information content (AvgIpc) is 3.07. The number of amides is 1. The fourth-order valence-corrected chi connectivity index (χ4v) is 1.56. The SMILES string of the molecule is Cn1ccc(-c2cc(C(=O)Nc3cn[nH]c3)no2)n1. The maximum atomic E-state index is 11.9. The number of carbonyl (C=O) groups excluding carboxylic acids is 1. The maximum Gasteiger partial charge on any atom is 0.277 e. The first-order chi connectivity index (χ1) is 9.22. The summed E-state index contributed by atoms with van der Waals surface area (Å²) < 4.78 is 6.74. The monoisotopic (exact) mass is 258 g/mol. The van der Waals surface area contributed by atoms with Gasteiger partial charge in [0, 0.05) is 25.5 Å². The van der Waals surface area contributed by atoms with Crippen LogP contribution in [0.25, 0.3) is 11.5 Å². The molecule has 0 aliphatic carbocycles. The molecule has 3 heterocycles. The summed E-state index contributed by atoms with van der Waals surface area (Å²) in [4.78, 5) is 11.9. The number of aromatic nitrogens is 5. The van der Waals surface area contributed by atoms with Gasteiger partial charge in [0.05, 0.1) is 11.9 Å². The molecule has 8 heteroatoms. The van der Waals surface area contributed by atoms with E-state index >= 15 is 0 Å². The summed E-state index contributed by atoms with van der Waals surface area (Å²) in [7, 11) is 1.80. The Morgan fingerprint density at radius 1 is 1.53 bits per heavy atom. The number of rotatable bonds is 3. The van der Waals surface area contributed by atoms with Gasteiger partial charge in [-0.05, 0) is 6.07 Å². The van der Waals surface area contributed by atoms with Crippen LogP contribution in [0, 0.1) is 0 Å². The van der Waals surface area contributed by atoms with Crippen molar-refractivity contribution in [2.75, 3.05) is 5.32 Å². The minimum atomic E-state index is -0.368. The van der Waals surface area contributed by atoms with E-state index in [9.17, 15) is 4.79 Å². The van der Waals surface area contributed by atoms with Crippen molar-refractivity contribution in [2.45, 2.75) is 0 Å². The van der Waals surface area contributed by atoms with Gasteiger partial charge in [-0.1, -0.05) is 5.16 Å². The summed E-state index contributed by atoms with van der Waals surface area (Å²) >= 11 is 0. The van der Waals surface area contributed by atoms with Crippen molar-refractivity contribution in [1.82, 2.24) is 25.1 Å². The predicted molar refractivity (Wildman–Crippen MR) is 65.2 cm³/mol. The molecule has 3 rings (SSSR count). The van der Waals surface area contributed by atoms with Crippen molar-refractivity contribution in [3.05, 3.63) is 36.4 Å². The average molecular weight is 258 g/mol. The zero-order valence-corrected chi connectivity index (χ0v) is 9.99. The fourth-order valence-electron chi connectivity index (χ4n) is 1.56. The summed E-state index contributed by atoms with van der Waals surface area (Å²) in [6, 6.07) is 3.32. The first kappa shape index (κ1) is 11.2. The van der Waals surface area contributed by atoms with Crippen molar-refractivity contribution in [3.63, 3.8) is 0 Å². The van der Waals surface area contributed by atoms with Gasteiger partial charge < -0.3 is 9.84 Å². The number of anilines is 1. The van der Waals surface area contributed by atoms with E-state index in [-0.39, 0.29) is 11.6 Å². The van der Waals surface area contributed by atoms with Crippen molar-refractivity contribution in [3.8, 4) is 11.5 Å². The van der Waals surface area contributed by atoms with Crippen LogP contribution in [0.2, 0.25) is 0 Å². The summed E-state index contributed by atoms with van der Waals surface area (Å²) in [5.74, 6) is 0.0743. The Morgan fingerprint density at radius 2 is 2.42 bits per heavy atom. The third kappa shape index (κ3) is 2.23. The highest BCUT2D eigenvalue weighted by molar-refractivity contribution is 6.03. The molecule has 0 aliphatic heterocycles.